The van der Waals surface area contributed by atoms with E-state index in [0.717, 1.165) is 16.9 Å². The minimum absolute atomic E-state index is 0.191. The Bertz CT molecular complexity index is 1190. The number of carbonyl (C=O) groups excluding carboxylic acids is 1. The molecule has 0 aliphatic carbocycles. The van der Waals surface area contributed by atoms with Crippen molar-refractivity contribution in [2.45, 2.75) is 6.92 Å². The van der Waals surface area contributed by atoms with Crippen molar-refractivity contribution in [3.05, 3.63) is 96.3 Å². The Morgan fingerprint density at radius 3 is 2.32 bits per heavy atom. The van der Waals surface area contributed by atoms with E-state index >= 15 is 0 Å². The van der Waals surface area contributed by atoms with Crippen molar-refractivity contribution >= 4 is 23.1 Å². The van der Waals surface area contributed by atoms with Gasteiger partial charge in [0.1, 0.15) is 17.4 Å². The van der Waals surface area contributed by atoms with Crippen LogP contribution in [0.3, 0.4) is 0 Å². The van der Waals surface area contributed by atoms with Crippen molar-refractivity contribution in [3.8, 4) is 17.0 Å². The second kappa shape index (κ2) is 9.09. The van der Waals surface area contributed by atoms with Crippen molar-refractivity contribution in [2.75, 3.05) is 17.7 Å². The number of hydrogen-bond donors (Lipinski definition) is 2. The highest BCUT2D eigenvalue weighted by molar-refractivity contribution is 6.04. The number of hydrogen-bond acceptors (Lipinski definition) is 5. The molecule has 0 fully saturated rings. The van der Waals surface area contributed by atoms with Crippen LogP contribution in [0.4, 0.5) is 17.2 Å². The molecule has 0 saturated carbocycles. The Kier molecular flexibility index (Phi) is 5.89. The predicted octanol–water partition coefficient (Wildman–Crippen LogP) is 5.46. The molecule has 6 nitrogen and oxygen atoms in total. The summed E-state index contributed by atoms with van der Waals surface area (Å²) in [4.78, 5) is 21.6. The van der Waals surface area contributed by atoms with Gasteiger partial charge in [0.15, 0.2) is 0 Å². The molecule has 4 rings (SSSR count). The number of anilines is 3. The van der Waals surface area contributed by atoms with Crippen LogP contribution >= 0.6 is 0 Å². The SMILES string of the molecule is COc1ccc(C(=O)Nc2cccc(Nc3cc(-c4ccccc4)nc(C)n3)c2)cc1. The number of nitrogens with one attached hydrogen (secondary N) is 2. The van der Waals surface area contributed by atoms with Gasteiger partial charge in [-0.1, -0.05) is 36.4 Å². The molecule has 0 radical (unpaired) electrons. The average molecular weight is 410 g/mol. The van der Waals surface area contributed by atoms with Gasteiger partial charge in [-0.2, -0.15) is 0 Å². The van der Waals surface area contributed by atoms with Gasteiger partial charge in [0, 0.05) is 28.6 Å². The molecule has 0 spiro atoms. The Labute approximate surface area is 181 Å². The molecule has 3 aromatic carbocycles. The second-order valence-electron chi connectivity index (χ2n) is 6.94. The number of rotatable bonds is 6. The minimum Gasteiger partial charge on any atom is -0.497 e. The normalized spacial score (nSPS) is 10.4. The lowest BCUT2D eigenvalue weighted by atomic mass is 10.1. The molecule has 0 saturated heterocycles. The topological polar surface area (TPSA) is 76.1 Å². The molecule has 0 aliphatic heterocycles. The number of nitrogens with zero attached hydrogens (tertiary/aromatic N) is 2. The number of ether oxygens (including phenoxy) is 1. The standard InChI is InChI=1S/C25H22N4O2/c1-17-26-23(18-7-4-3-5-8-18)16-24(27-17)28-20-9-6-10-21(15-20)29-25(30)19-11-13-22(31-2)14-12-19/h3-16H,1-2H3,(H,29,30)(H,26,27,28). The molecule has 0 unspecified atom stereocenters. The molecule has 31 heavy (non-hydrogen) atoms. The molecule has 0 atom stereocenters. The molecule has 1 aromatic heterocycles. The molecule has 1 amide bonds. The van der Waals surface area contributed by atoms with Crippen molar-refractivity contribution < 1.29 is 9.53 Å². The molecule has 154 valence electrons. The molecule has 2 N–H and O–H groups in total. The number of aromatic nitrogens is 2. The van der Waals surface area contributed by atoms with Gasteiger partial charge in [-0.25, -0.2) is 9.97 Å². The Morgan fingerprint density at radius 1 is 0.839 bits per heavy atom. The number of carbonyl (C=O) groups is 1. The summed E-state index contributed by atoms with van der Waals surface area (Å²) in [5, 5.41) is 6.22. The summed E-state index contributed by atoms with van der Waals surface area (Å²) in [6.45, 7) is 1.86. The fourth-order valence-electron chi connectivity index (χ4n) is 3.16. The van der Waals surface area contributed by atoms with Gasteiger partial charge < -0.3 is 15.4 Å². The van der Waals surface area contributed by atoms with E-state index in [4.69, 9.17) is 4.74 Å². The fourth-order valence-corrected chi connectivity index (χ4v) is 3.16. The summed E-state index contributed by atoms with van der Waals surface area (Å²) in [6, 6.07) is 26.3. The van der Waals surface area contributed by atoms with Gasteiger partial charge in [-0.05, 0) is 49.4 Å². The van der Waals surface area contributed by atoms with Gasteiger partial charge in [0.05, 0.1) is 12.8 Å². The molecular formula is C25H22N4O2. The Morgan fingerprint density at radius 2 is 1.58 bits per heavy atom. The lowest BCUT2D eigenvalue weighted by molar-refractivity contribution is 0.102. The average Bonchev–Trinajstić information content (AvgIpc) is 2.79. The van der Waals surface area contributed by atoms with E-state index in [-0.39, 0.29) is 5.91 Å². The summed E-state index contributed by atoms with van der Waals surface area (Å²) in [5.41, 5.74) is 3.92. The number of aryl methyl sites for hydroxylation is 1. The molecule has 0 bridgehead atoms. The number of amides is 1. The first-order chi connectivity index (χ1) is 15.1. The zero-order valence-electron chi connectivity index (χ0n) is 17.3. The zero-order valence-corrected chi connectivity index (χ0v) is 17.3. The van der Waals surface area contributed by atoms with Gasteiger partial charge in [-0.3, -0.25) is 4.79 Å². The highest BCUT2D eigenvalue weighted by atomic mass is 16.5. The van der Waals surface area contributed by atoms with E-state index in [1.54, 1.807) is 31.4 Å². The van der Waals surface area contributed by atoms with Crippen LogP contribution < -0.4 is 15.4 Å². The highest BCUT2D eigenvalue weighted by Crippen LogP contribution is 2.24. The van der Waals surface area contributed by atoms with Crippen LogP contribution in [-0.4, -0.2) is 23.0 Å². The Balaban J connectivity index is 1.51. The first kappa shape index (κ1) is 20.1. The molecule has 0 aliphatic rings. The van der Waals surface area contributed by atoms with E-state index < -0.39 is 0 Å². The maximum Gasteiger partial charge on any atom is 0.255 e. The maximum atomic E-state index is 12.5. The van der Waals surface area contributed by atoms with Gasteiger partial charge in [0.2, 0.25) is 0 Å². The smallest absolute Gasteiger partial charge is 0.255 e. The van der Waals surface area contributed by atoms with Crippen molar-refractivity contribution in [1.29, 1.82) is 0 Å². The first-order valence-electron chi connectivity index (χ1n) is 9.84. The number of benzene rings is 3. The summed E-state index contributed by atoms with van der Waals surface area (Å²) in [7, 11) is 1.59. The third kappa shape index (κ3) is 5.05. The maximum absolute atomic E-state index is 12.5. The second-order valence-corrected chi connectivity index (χ2v) is 6.94. The van der Waals surface area contributed by atoms with Gasteiger partial charge in [0.25, 0.3) is 5.91 Å². The lowest BCUT2D eigenvalue weighted by Gasteiger charge is -2.11. The summed E-state index contributed by atoms with van der Waals surface area (Å²) < 4.78 is 5.13. The Hall–Kier alpha value is -4.19. The first-order valence-corrected chi connectivity index (χ1v) is 9.84. The molecular weight excluding hydrogens is 388 g/mol. The number of methoxy groups -OCH3 is 1. The van der Waals surface area contributed by atoms with E-state index in [1.165, 1.54) is 0 Å². The van der Waals surface area contributed by atoms with Crippen LogP contribution in [0.2, 0.25) is 0 Å². The fraction of sp³-hybridized carbons (Fsp3) is 0.0800. The zero-order chi connectivity index (χ0) is 21.6. The summed E-state index contributed by atoms with van der Waals surface area (Å²) >= 11 is 0. The lowest BCUT2D eigenvalue weighted by Crippen LogP contribution is -2.11. The summed E-state index contributed by atoms with van der Waals surface area (Å²) in [6.07, 6.45) is 0. The van der Waals surface area contributed by atoms with E-state index in [9.17, 15) is 4.79 Å². The van der Waals surface area contributed by atoms with Crippen molar-refractivity contribution in [3.63, 3.8) is 0 Å². The van der Waals surface area contributed by atoms with Crippen LogP contribution in [0, 0.1) is 6.92 Å². The van der Waals surface area contributed by atoms with E-state index in [2.05, 4.69) is 20.6 Å². The van der Waals surface area contributed by atoms with E-state index in [0.29, 0.717) is 28.6 Å². The third-order valence-electron chi connectivity index (χ3n) is 4.65. The summed E-state index contributed by atoms with van der Waals surface area (Å²) in [5.74, 6) is 1.87. The van der Waals surface area contributed by atoms with Gasteiger partial charge >= 0.3 is 0 Å². The monoisotopic (exact) mass is 410 g/mol. The minimum atomic E-state index is -0.191. The molecule has 6 heteroatoms. The van der Waals surface area contributed by atoms with Crippen molar-refractivity contribution in [2.24, 2.45) is 0 Å². The highest BCUT2D eigenvalue weighted by Gasteiger charge is 2.08. The third-order valence-corrected chi connectivity index (χ3v) is 4.65. The largest absolute Gasteiger partial charge is 0.497 e. The van der Waals surface area contributed by atoms with Crippen LogP contribution in [0.1, 0.15) is 16.2 Å². The van der Waals surface area contributed by atoms with Crippen LogP contribution in [0.25, 0.3) is 11.3 Å². The van der Waals surface area contributed by atoms with Crippen LogP contribution in [-0.2, 0) is 0 Å². The predicted molar refractivity (Wildman–Crippen MR) is 123 cm³/mol. The van der Waals surface area contributed by atoms with E-state index in [1.807, 2.05) is 67.6 Å². The quantitative estimate of drug-likeness (QED) is 0.442. The van der Waals surface area contributed by atoms with Gasteiger partial charge in [-0.15, -0.1) is 0 Å². The molecule has 4 aromatic rings. The van der Waals surface area contributed by atoms with Crippen molar-refractivity contribution in [1.82, 2.24) is 9.97 Å². The molecule has 1 heterocycles. The van der Waals surface area contributed by atoms with Crippen LogP contribution in [0.15, 0.2) is 84.9 Å². The van der Waals surface area contributed by atoms with Crippen LogP contribution in [0.5, 0.6) is 5.75 Å².